The smallest absolute Gasteiger partial charge is 0.329 e. The van der Waals surface area contributed by atoms with Gasteiger partial charge in [0, 0.05) is 5.38 Å². The number of amides is 1. The van der Waals surface area contributed by atoms with Gasteiger partial charge in [-0.1, -0.05) is 32.6 Å². The lowest BCUT2D eigenvalue weighted by Crippen LogP contribution is -2.54. The Morgan fingerprint density at radius 2 is 2.00 bits per heavy atom. The number of hydrogen-bond acceptors (Lipinski definition) is 4. The number of carbonyl (C=O) groups is 2. The Morgan fingerprint density at radius 3 is 2.52 bits per heavy atom. The van der Waals surface area contributed by atoms with Crippen molar-refractivity contribution in [2.45, 2.75) is 63.8 Å². The van der Waals surface area contributed by atoms with Crippen LogP contribution in [0.5, 0.6) is 0 Å². The molecule has 1 heterocycles. The van der Waals surface area contributed by atoms with E-state index in [1.165, 1.54) is 11.3 Å². The number of aromatic nitrogens is 1. The molecule has 0 atom stereocenters. The molecule has 2 N–H and O–H groups in total. The van der Waals surface area contributed by atoms with Crippen LogP contribution in [0, 0.1) is 0 Å². The lowest BCUT2D eigenvalue weighted by atomic mass is 9.90. The maximum Gasteiger partial charge on any atom is 0.329 e. The Morgan fingerprint density at radius 1 is 1.33 bits per heavy atom. The minimum Gasteiger partial charge on any atom is -0.480 e. The molecule has 1 aromatic heterocycles. The van der Waals surface area contributed by atoms with Crippen LogP contribution in [0.1, 0.15) is 56.2 Å². The maximum atomic E-state index is 12.2. The van der Waals surface area contributed by atoms with Crippen LogP contribution in [0.25, 0.3) is 0 Å². The molecule has 0 aromatic carbocycles. The lowest BCUT2D eigenvalue weighted by Gasteiger charge is -2.29. The molecular formula is C15H22N2O3S. The zero-order valence-electron chi connectivity index (χ0n) is 12.4. The van der Waals surface area contributed by atoms with Crippen molar-refractivity contribution in [2.75, 3.05) is 0 Å². The van der Waals surface area contributed by atoms with Gasteiger partial charge in [-0.3, -0.25) is 4.79 Å². The Balaban J connectivity index is 2.02. The Labute approximate surface area is 128 Å². The summed E-state index contributed by atoms with van der Waals surface area (Å²) in [5, 5.41) is 15.2. The fourth-order valence-electron chi connectivity index (χ4n) is 2.79. The van der Waals surface area contributed by atoms with Gasteiger partial charge in [-0.15, -0.1) is 11.3 Å². The van der Waals surface area contributed by atoms with Crippen LogP contribution in [0.3, 0.4) is 0 Å². The molecule has 1 fully saturated rings. The second kappa shape index (κ2) is 7.02. The Bertz CT molecular complexity index is 505. The zero-order chi connectivity index (χ0) is 15.3. The monoisotopic (exact) mass is 310 g/mol. The summed E-state index contributed by atoms with van der Waals surface area (Å²) in [6.45, 7) is 2.02. The molecule has 0 bridgehead atoms. The van der Waals surface area contributed by atoms with E-state index in [0.717, 1.165) is 42.8 Å². The molecule has 6 heteroatoms. The van der Waals surface area contributed by atoms with Crippen molar-refractivity contribution in [3.8, 4) is 0 Å². The molecule has 0 saturated heterocycles. The molecule has 2 rings (SSSR count). The third-order valence-electron chi connectivity index (χ3n) is 3.99. The van der Waals surface area contributed by atoms with Gasteiger partial charge in [0.15, 0.2) is 0 Å². The highest BCUT2D eigenvalue weighted by molar-refractivity contribution is 7.09. The van der Waals surface area contributed by atoms with E-state index >= 15 is 0 Å². The standard InChI is InChI=1S/C15H22N2O3S/c1-2-13-16-11(10-21-13)9-12(18)17-15(14(19)20)7-5-3-4-6-8-15/h10H,2-9H2,1H3,(H,17,18)(H,19,20). The Hall–Kier alpha value is -1.43. The SMILES string of the molecule is CCc1nc(CC(=O)NC2(C(=O)O)CCCCCC2)cs1. The minimum absolute atomic E-state index is 0.158. The van der Waals surface area contributed by atoms with Crippen molar-refractivity contribution < 1.29 is 14.7 Å². The number of nitrogens with zero attached hydrogens (tertiary/aromatic N) is 1. The number of nitrogens with one attached hydrogen (secondary N) is 1. The van der Waals surface area contributed by atoms with E-state index < -0.39 is 11.5 Å². The summed E-state index contributed by atoms with van der Waals surface area (Å²) in [6, 6.07) is 0. The zero-order valence-corrected chi connectivity index (χ0v) is 13.2. The summed E-state index contributed by atoms with van der Waals surface area (Å²) in [4.78, 5) is 28.2. The van der Waals surface area contributed by atoms with Crippen LogP contribution < -0.4 is 5.32 Å². The van der Waals surface area contributed by atoms with E-state index in [9.17, 15) is 14.7 Å². The number of aryl methyl sites for hydroxylation is 1. The minimum atomic E-state index is -1.09. The molecular weight excluding hydrogens is 288 g/mol. The number of carboxylic acid groups (broad SMARTS) is 1. The summed E-state index contributed by atoms with van der Waals surface area (Å²) >= 11 is 1.54. The predicted molar refractivity (Wildman–Crippen MR) is 81.4 cm³/mol. The van der Waals surface area contributed by atoms with Crippen LogP contribution >= 0.6 is 11.3 Å². The van der Waals surface area contributed by atoms with Crippen LogP contribution in [0.15, 0.2) is 5.38 Å². The highest BCUT2D eigenvalue weighted by atomic mass is 32.1. The van der Waals surface area contributed by atoms with Gasteiger partial charge < -0.3 is 10.4 Å². The molecule has 21 heavy (non-hydrogen) atoms. The van der Waals surface area contributed by atoms with Gasteiger partial charge in [-0.25, -0.2) is 9.78 Å². The number of rotatable bonds is 5. The first-order chi connectivity index (χ1) is 10.1. The van der Waals surface area contributed by atoms with Gasteiger partial charge >= 0.3 is 5.97 Å². The van der Waals surface area contributed by atoms with E-state index in [1.807, 2.05) is 12.3 Å². The normalized spacial score (nSPS) is 18.0. The van der Waals surface area contributed by atoms with E-state index in [4.69, 9.17) is 0 Å². The van der Waals surface area contributed by atoms with E-state index in [0.29, 0.717) is 12.8 Å². The largest absolute Gasteiger partial charge is 0.480 e. The van der Waals surface area contributed by atoms with Crippen molar-refractivity contribution in [1.82, 2.24) is 10.3 Å². The molecule has 1 amide bonds. The molecule has 1 aromatic rings. The second-order valence-electron chi connectivity index (χ2n) is 5.61. The van der Waals surface area contributed by atoms with Gasteiger partial charge in [-0.2, -0.15) is 0 Å². The molecule has 1 aliphatic rings. The van der Waals surface area contributed by atoms with Crippen LogP contribution in [0.2, 0.25) is 0 Å². The summed E-state index contributed by atoms with van der Waals surface area (Å²) in [5.41, 5.74) is -0.361. The van der Waals surface area contributed by atoms with Crippen molar-refractivity contribution >= 4 is 23.2 Å². The maximum absolute atomic E-state index is 12.2. The first kappa shape index (κ1) is 15.9. The highest BCUT2D eigenvalue weighted by Crippen LogP contribution is 2.27. The number of hydrogen-bond donors (Lipinski definition) is 2. The van der Waals surface area contributed by atoms with Gasteiger partial charge in [0.1, 0.15) is 5.54 Å². The quantitative estimate of drug-likeness (QED) is 0.819. The van der Waals surface area contributed by atoms with E-state index in [2.05, 4.69) is 10.3 Å². The average Bonchev–Trinajstić information content (AvgIpc) is 2.75. The molecule has 1 aliphatic carbocycles. The number of aliphatic carboxylic acids is 1. The van der Waals surface area contributed by atoms with Crippen LogP contribution in [-0.4, -0.2) is 27.5 Å². The van der Waals surface area contributed by atoms with Crippen LogP contribution in [-0.2, 0) is 22.4 Å². The van der Waals surface area contributed by atoms with Gasteiger partial charge in [0.2, 0.25) is 5.91 Å². The first-order valence-electron chi connectivity index (χ1n) is 7.53. The summed E-state index contributed by atoms with van der Waals surface area (Å²) in [6.07, 6.45) is 5.83. The topological polar surface area (TPSA) is 79.3 Å². The first-order valence-corrected chi connectivity index (χ1v) is 8.41. The van der Waals surface area contributed by atoms with Crippen molar-refractivity contribution in [2.24, 2.45) is 0 Å². The molecule has 1 saturated carbocycles. The van der Waals surface area contributed by atoms with Crippen molar-refractivity contribution in [3.05, 3.63) is 16.1 Å². The number of carboxylic acids is 1. The molecule has 0 unspecified atom stereocenters. The Kier molecular flexibility index (Phi) is 5.33. The van der Waals surface area contributed by atoms with Gasteiger partial charge in [-0.05, 0) is 19.3 Å². The summed E-state index contributed by atoms with van der Waals surface area (Å²) in [5.74, 6) is -1.16. The van der Waals surface area contributed by atoms with Gasteiger partial charge in [0.05, 0.1) is 17.1 Å². The molecule has 0 aliphatic heterocycles. The second-order valence-corrected chi connectivity index (χ2v) is 6.56. The third-order valence-corrected chi connectivity index (χ3v) is 5.03. The average molecular weight is 310 g/mol. The number of thiazole rings is 1. The van der Waals surface area contributed by atoms with E-state index in [-0.39, 0.29) is 12.3 Å². The molecule has 116 valence electrons. The van der Waals surface area contributed by atoms with Crippen molar-refractivity contribution in [1.29, 1.82) is 0 Å². The predicted octanol–water partition coefficient (Wildman–Crippen LogP) is 2.54. The van der Waals surface area contributed by atoms with E-state index in [1.54, 1.807) is 0 Å². The molecule has 0 radical (unpaired) electrons. The fraction of sp³-hybridized carbons (Fsp3) is 0.667. The highest BCUT2D eigenvalue weighted by Gasteiger charge is 2.39. The van der Waals surface area contributed by atoms with Crippen molar-refractivity contribution in [3.63, 3.8) is 0 Å². The van der Waals surface area contributed by atoms with Gasteiger partial charge in [0.25, 0.3) is 0 Å². The summed E-state index contributed by atoms with van der Waals surface area (Å²) in [7, 11) is 0. The summed E-state index contributed by atoms with van der Waals surface area (Å²) < 4.78 is 0. The van der Waals surface area contributed by atoms with Crippen LogP contribution in [0.4, 0.5) is 0 Å². The molecule has 0 spiro atoms. The number of carbonyl (C=O) groups excluding carboxylic acids is 1. The third kappa shape index (κ3) is 4.03. The lowest BCUT2D eigenvalue weighted by molar-refractivity contribution is -0.148. The fourth-order valence-corrected chi connectivity index (χ4v) is 3.54. The molecule has 5 nitrogen and oxygen atoms in total.